The molecule has 2 saturated heterocycles. The van der Waals surface area contributed by atoms with E-state index >= 15 is 0 Å². The van der Waals surface area contributed by atoms with E-state index in [9.17, 15) is 0 Å². The smallest absolute Gasteiger partial charge is 0.227 e. The van der Waals surface area contributed by atoms with Crippen LogP contribution in [-0.4, -0.2) is 40.2 Å². The average Bonchev–Trinajstić information content (AvgIpc) is 3.03. The molecule has 2 aliphatic rings. The monoisotopic (exact) mass is 216 g/mol. The fraction of sp³-hybridized carbons (Fsp3) is 0.455. The Kier molecular flexibility index (Phi) is 1.57. The third kappa shape index (κ3) is 1.09. The van der Waals surface area contributed by atoms with Crippen LogP contribution in [0.25, 0.3) is 11.0 Å². The minimum absolute atomic E-state index is 0.382. The lowest BCUT2D eigenvalue weighted by molar-refractivity contribution is 0.0986. The van der Waals surface area contributed by atoms with E-state index in [4.69, 9.17) is 4.74 Å². The van der Waals surface area contributed by atoms with Crippen molar-refractivity contribution in [2.75, 3.05) is 18.1 Å². The molecule has 4 rings (SSSR count). The molecule has 2 aromatic heterocycles. The molecular weight excluding hydrogens is 204 g/mol. The van der Waals surface area contributed by atoms with E-state index in [0.717, 1.165) is 36.6 Å². The molecule has 0 aromatic carbocycles. The van der Waals surface area contributed by atoms with Gasteiger partial charge in [-0.3, -0.25) is 0 Å². The first-order chi connectivity index (χ1) is 7.90. The number of nitrogens with zero attached hydrogens (tertiary/aromatic N) is 3. The molecule has 0 spiro atoms. The topological polar surface area (TPSA) is 54.0 Å². The van der Waals surface area contributed by atoms with Gasteiger partial charge in [0.2, 0.25) is 5.95 Å². The first-order valence-corrected chi connectivity index (χ1v) is 5.58. The number of morpholine rings is 1. The van der Waals surface area contributed by atoms with Crippen LogP contribution < -0.4 is 4.90 Å². The molecule has 2 aromatic rings. The van der Waals surface area contributed by atoms with Crippen molar-refractivity contribution in [2.45, 2.75) is 18.6 Å². The molecule has 82 valence electrons. The Balaban J connectivity index is 1.76. The van der Waals surface area contributed by atoms with Gasteiger partial charge in [0.25, 0.3) is 0 Å². The first kappa shape index (κ1) is 8.52. The maximum Gasteiger partial charge on any atom is 0.227 e. The largest absolute Gasteiger partial charge is 0.374 e. The van der Waals surface area contributed by atoms with E-state index in [1.54, 1.807) is 0 Å². The zero-order chi connectivity index (χ0) is 10.5. The van der Waals surface area contributed by atoms with Gasteiger partial charge in [-0.1, -0.05) is 0 Å². The van der Waals surface area contributed by atoms with Gasteiger partial charge in [0.05, 0.1) is 18.8 Å². The Bertz CT molecular complexity index is 538. The van der Waals surface area contributed by atoms with Crippen LogP contribution in [0.1, 0.15) is 6.42 Å². The van der Waals surface area contributed by atoms with Gasteiger partial charge in [0.15, 0.2) is 0 Å². The molecule has 0 saturated carbocycles. The number of aromatic amines is 1. The second-order valence-electron chi connectivity index (χ2n) is 4.45. The summed E-state index contributed by atoms with van der Waals surface area (Å²) in [7, 11) is 0. The summed E-state index contributed by atoms with van der Waals surface area (Å²) in [6, 6.07) is 2.45. The number of nitrogens with one attached hydrogen (secondary N) is 1. The number of ether oxygens (including phenoxy) is 1. The Morgan fingerprint density at radius 3 is 3.31 bits per heavy atom. The molecule has 16 heavy (non-hydrogen) atoms. The van der Waals surface area contributed by atoms with Crippen LogP contribution in [0.3, 0.4) is 0 Å². The number of rotatable bonds is 1. The van der Waals surface area contributed by atoms with E-state index in [1.807, 2.05) is 18.5 Å². The third-order valence-corrected chi connectivity index (χ3v) is 3.44. The number of anilines is 1. The Morgan fingerprint density at radius 2 is 2.50 bits per heavy atom. The summed E-state index contributed by atoms with van der Waals surface area (Å²) in [4.78, 5) is 14.3. The molecular formula is C11H12N4O. The number of hydrogen-bond acceptors (Lipinski definition) is 4. The van der Waals surface area contributed by atoms with Gasteiger partial charge in [-0.05, 0) is 12.5 Å². The minimum Gasteiger partial charge on any atom is -0.374 e. The van der Waals surface area contributed by atoms with Gasteiger partial charge >= 0.3 is 0 Å². The van der Waals surface area contributed by atoms with Crippen LogP contribution in [0.5, 0.6) is 0 Å². The zero-order valence-corrected chi connectivity index (χ0v) is 8.76. The number of aromatic nitrogens is 3. The Labute approximate surface area is 92.4 Å². The van der Waals surface area contributed by atoms with Gasteiger partial charge in [-0.25, -0.2) is 4.98 Å². The van der Waals surface area contributed by atoms with Crippen LogP contribution >= 0.6 is 0 Å². The lowest BCUT2D eigenvalue weighted by Crippen LogP contribution is -2.38. The molecule has 4 heterocycles. The molecule has 0 amide bonds. The van der Waals surface area contributed by atoms with Crippen molar-refractivity contribution in [2.24, 2.45) is 0 Å². The predicted octanol–water partition coefficient (Wildman–Crippen LogP) is 0.935. The second-order valence-corrected chi connectivity index (χ2v) is 4.45. The molecule has 0 radical (unpaired) electrons. The van der Waals surface area contributed by atoms with Crippen LogP contribution in [-0.2, 0) is 4.74 Å². The maximum atomic E-state index is 5.57. The van der Waals surface area contributed by atoms with Gasteiger partial charge in [-0.15, -0.1) is 0 Å². The molecule has 0 unspecified atom stereocenters. The highest BCUT2D eigenvalue weighted by Gasteiger charge is 2.40. The van der Waals surface area contributed by atoms with E-state index in [2.05, 4.69) is 19.9 Å². The van der Waals surface area contributed by atoms with E-state index < -0.39 is 0 Å². The molecule has 2 fully saturated rings. The summed E-state index contributed by atoms with van der Waals surface area (Å²) in [5, 5.41) is 1.06. The van der Waals surface area contributed by atoms with Crippen molar-refractivity contribution in [1.29, 1.82) is 0 Å². The Hall–Kier alpha value is -1.62. The molecule has 5 heteroatoms. The molecule has 0 aliphatic carbocycles. The van der Waals surface area contributed by atoms with Crippen molar-refractivity contribution in [1.82, 2.24) is 15.0 Å². The number of fused-ring (bicyclic) bond motifs is 3. The highest BCUT2D eigenvalue weighted by molar-refractivity contribution is 5.75. The van der Waals surface area contributed by atoms with E-state index in [1.165, 1.54) is 0 Å². The van der Waals surface area contributed by atoms with Gasteiger partial charge < -0.3 is 14.6 Å². The SMILES string of the molecule is c1cc2cnc(N3C[C@H]4C[C@@H]3CO4)nc2[nH]1. The average molecular weight is 216 g/mol. The number of hydrogen-bond donors (Lipinski definition) is 1. The lowest BCUT2D eigenvalue weighted by atomic mass is 10.2. The molecule has 5 nitrogen and oxygen atoms in total. The third-order valence-electron chi connectivity index (χ3n) is 3.44. The van der Waals surface area contributed by atoms with Crippen molar-refractivity contribution < 1.29 is 4.74 Å². The summed E-state index contributed by atoms with van der Waals surface area (Å²) in [5.41, 5.74) is 0.911. The van der Waals surface area contributed by atoms with Crippen molar-refractivity contribution in [3.05, 3.63) is 18.5 Å². The fourth-order valence-electron chi connectivity index (χ4n) is 2.61. The van der Waals surface area contributed by atoms with Crippen LogP contribution in [0.4, 0.5) is 5.95 Å². The van der Waals surface area contributed by atoms with E-state index in [-0.39, 0.29) is 0 Å². The standard InChI is InChI=1S/C11H12N4O/c1-2-12-10-7(1)4-13-11(14-10)15-5-9-3-8(15)6-16-9/h1-2,4,8-9H,3,5-6H2,(H,12,13,14)/t8-,9-/m1/s1. The van der Waals surface area contributed by atoms with Gasteiger partial charge in [0, 0.05) is 24.3 Å². The molecule has 2 aliphatic heterocycles. The van der Waals surface area contributed by atoms with Gasteiger partial charge in [-0.2, -0.15) is 4.98 Å². The van der Waals surface area contributed by atoms with Crippen molar-refractivity contribution >= 4 is 17.0 Å². The first-order valence-electron chi connectivity index (χ1n) is 5.58. The predicted molar refractivity (Wildman–Crippen MR) is 59.4 cm³/mol. The van der Waals surface area contributed by atoms with Crippen LogP contribution in [0.15, 0.2) is 18.5 Å². The molecule has 2 bridgehead atoms. The van der Waals surface area contributed by atoms with Gasteiger partial charge in [0.1, 0.15) is 5.65 Å². The van der Waals surface area contributed by atoms with Crippen molar-refractivity contribution in [3.63, 3.8) is 0 Å². The highest BCUT2D eigenvalue weighted by Crippen LogP contribution is 2.30. The summed E-state index contributed by atoms with van der Waals surface area (Å²) in [6.45, 7) is 1.74. The normalized spacial score (nSPS) is 28.1. The highest BCUT2D eigenvalue weighted by atomic mass is 16.5. The molecule has 2 atom stereocenters. The second kappa shape index (κ2) is 2.95. The van der Waals surface area contributed by atoms with Crippen molar-refractivity contribution in [3.8, 4) is 0 Å². The summed E-state index contributed by atoms with van der Waals surface area (Å²) in [5.74, 6) is 0.825. The summed E-state index contributed by atoms with van der Waals surface area (Å²) in [6.07, 6.45) is 5.27. The Morgan fingerprint density at radius 1 is 1.50 bits per heavy atom. The lowest BCUT2D eigenvalue weighted by Gasteiger charge is -2.26. The fourth-order valence-corrected chi connectivity index (χ4v) is 2.61. The zero-order valence-electron chi connectivity index (χ0n) is 8.76. The van der Waals surface area contributed by atoms with Crippen LogP contribution in [0.2, 0.25) is 0 Å². The number of H-pyrrole nitrogens is 1. The van der Waals surface area contributed by atoms with E-state index in [0.29, 0.717) is 12.1 Å². The minimum atomic E-state index is 0.382. The summed E-state index contributed by atoms with van der Waals surface area (Å²) >= 11 is 0. The summed E-state index contributed by atoms with van der Waals surface area (Å²) < 4.78 is 5.57. The maximum absolute atomic E-state index is 5.57. The van der Waals surface area contributed by atoms with Crippen LogP contribution in [0, 0.1) is 0 Å². The quantitative estimate of drug-likeness (QED) is 0.770. The molecule has 1 N–H and O–H groups in total.